The van der Waals surface area contributed by atoms with Crippen LogP contribution < -0.4 is 11.1 Å². The lowest BCUT2D eigenvalue weighted by molar-refractivity contribution is 0.706. The summed E-state index contributed by atoms with van der Waals surface area (Å²) in [5, 5.41) is 5.21. The second kappa shape index (κ2) is 9.32. The molecular weight excluding hydrogens is 344 g/mol. The minimum absolute atomic E-state index is 0.683. The molecule has 0 atom stereocenters. The third-order valence-corrected chi connectivity index (χ3v) is 4.34. The normalized spacial score (nSPS) is 11.3. The fourth-order valence-corrected chi connectivity index (χ4v) is 2.83. The quantitative estimate of drug-likeness (QED) is 0.551. The minimum atomic E-state index is 0.683. The van der Waals surface area contributed by atoms with Crippen molar-refractivity contribution < 1.29 is 0 Å². The summed E-state index contributed by atoms with van der Waals surface area (Å²) in [4.78, 5) is 9.34. The molecule has 1 aromatic heterocycles. The van der Waals surface area contributed by atoms with Crippen LogP contribution in [0.15, 0.2) is 48.5 Å². The fourth-order valence-electron chi connectivity index (χ4n) is 2.70. The average Bonchev–Trinajstić information content (AvgIpc) is 2.67. The van der Waals surface area contributed by atoms with Gasteiger partial charge in [-0.25, -0.2) is 9.97 Å². The first-order valence-corrected chi connectivity index (χ1v) is 9.28. The molecule has 0 aliphatic rings. The Labute approximate surface area is 159 Å². The van der Waals surface area contributed by atoms with Gasteiger partial charge >= 0.3 is 0 Å². The van der Waals surface area contributed by atoms with Gasteiger partial charge in [0, 0.05) is 17.0 Å². The highest BCUT2D eigenvalue weighted by atomic mass is 35.5. The van der Waals surface area contributed by atoms with Gasteiger partial charge in [0.1, 0.15) is 5.82 Å². The van der Waals surface area contributed by atoms with Gasteiger partial charge in [-0.1, -0.05) is 48.4 Å². The number of anilines is 1. The number of nitrogens with zero attached hydrogens (tertiary/aromatic N) is 2. The molecule has 26 heavy (non-hydrogen) atoms. The zero-order valence-electron chi connectivity index (χ0n) is 14.7. The molecule has 0 saturated heterocycles. The van der Waals surface area contributed by atoms with Gasteiger partial charge in [-0.05, 0) is 55.3 Å². The van der Waals surface area contributed by atoms with Crippen molar-refractivity contribution in [1.29, 1.82) is 0 Å². The van der Waals surface area contributed by atoms with Crippen LogP contribution in [0.1, 0.15) is 30.7 Å². The molecule has 4 nitrogen and oxygen atoms in total. The smallest absolute Gasteiger partial charge is 0.154 e. The molecule has 134 valence electrons. The Bertz CT molecular complexity index is 875. The molecule has 3 aromatic rings. The van der Waals surface area contributed by atoms with Crippen LogP contribution in [0.2, 0.25) is 5.02 Å². The minimum Gasteiger partial charge on any atom is -0.369 e. The molecule has 1 heterocycles. The number of benzene rings is 2. The van der Waals surface area contributed by atoms with Crippen LogP contribution in [0.25, 0.3) is 23.1 Å². The number of para-hydroxylation sites is 1. The monoisotopic (exact) mass is 366 g/mol. The number of nitrogens with one attached hydrogen (secondary N) is 1. The van der Waals surface area contributed by atoms with Gasteiger partial charge in [0.2, 0.25) is 0 Å². The van der Waals surface area contributed by atoms with E-state index in [0.717, 1.165) is 59.7 Å². The topological polar surface area (TPSA) is 63.8 Å². The Hall–Kier alpha value is -2.43. The average molecular weight is 367 g/mol. The van der Waals surface area contributed by atoms with Gasteiger partial charge in [0.25, 0.3) is 0 Å². The van der Waals surface area contributed by atoms with Crippen molar-refractivity contribution in [3.63, 3.8) is 0 Å². The van der Waals surface area contributed by atoms with Crippen LogP contribution in [0.3, 0.4) is 0 Å². The molecule has 5 heteroatoms. The van der Waals surface area contributed by atoms with E-state index in [1.54, 1.807) is 0 Å². The van der Waals surface area contributed by atoms with Gasteiger partial charge in [-0.2, -0.15) is 0 Å². The van der Waals surface area contributed by atoms with Crippen molar-refractivity contribution in [3.05, 3.63) is 64.9 Å². The summed E-state index contributed by atoms with van der Waals surface area (Å²) in [5.74, 6) is 1.56. The van der Waals surface area contributed by atoms with Crippen LogP contribution in [0, 0.1) is 0 Å². The number of nitrogens with two attached hydrogens (primary N) is 1. The molecule has 0 fully saturated rings. The molecule has 0 spiro atoms. The lowest BCUT2D eigenvalue weighted by Gasteiger charge is -2.09. The maximum Gasteiger partial charge on any atom is 0.154 e. The Balaban J connectivity index is 1.80. The van der Waals surface area contributed by atoms with Gasteiger partial charge in [0.05, 0.1) is 5.52 Å². The van der Waals surface area contributed by atoms with Crippen molar-refractivity contribution in [2.24, 2.45) is 5.73 Å². The molecular formula is C21H23ClN4. The Morgan fingerprint density at radius 2 is 1.73 bits per heavy atom. The van der Waals surface area contributed by atoms with E-state index in [1.807, 2.05) is 60.7 Å². The second-order valence-corrected chi connectivity index (χ2v) is 6.54. The summed E-state index contributed by atoms with van der Waals surface area (Å²) in [5.41, 5.74) is 7.54. The molecule has 0 radical (unpaired) electrons. The Morgan fingerprint density at radius 1 is 0.923 bits per heavy atom. The highest BCUT2D eigenvalue weighted by Crippen LogP contribution is 2.21. The molecule has 0 amide bonds. The standard InChI is InChI=1S/C21H23ClN4/c22-17-11-8-16(9-12-17)10-13-20-25-19-7-3-2-6-18(19)21(26-20)24-15-5-1-4-14-23/h2-3,6-13H,1,4-5,14-15,23H2,(H,24,25,26). The predicted molar refractivity (Wildman–Crippen MR) is 111 cm³/mol. The first-order valence-electron chi connectivity index (χ1n) is 8.90. The largest absolute Gasteiger partial charge is 0.369 e. The van der Waals surface area contributed by atoms with Gasteiger partial charge < -0.3 is 11.1 Å². The van der Waals surface area contributed by atoms with Gasteiger partial charge in [-0.3, -0.25) is 0 Å². The van der Waals surface area contributed by atoms with Crippen LogP contribution in [-0.4, -0.2) is 23.1 Å². The van der Waals surface area contributed by atoms with Crippen molar-refractivity contribution in [1.82, 2.24) is 9.97 Å². The lowest BCUT2D eigenvalue weighted by atomic mass is 10.2. The highest BCUT2D eigenvalue weighted by Gasteiger charge is 2.05. The molecule has 0 aliphatic carbocycles. The number of hydrogen-bond donors (Lipinski definition) is 2. The van der Waals surface area contributed by atoms with Gasteiger partial charge in [-0.15, -0.1) is 0 Å². The SMILES string of the molecule is NCCCCCNc1nc(C=Cc2ccc(Cl)cc2)nc2ccccc12. The van der Waals surface area contributed by atoms with Crippen molar-refractivity contribution in [3.8, 4) is 0 Å². The zero-order valence-corrected chi connectivity index (χ0v) is 15.4. The van der Waals surface area contributed by atoms with Crippen LogP contribution in [0.4, 0.5) is 5.82 Å². The molecule has 0 saturated carbocycles. The predicted octanol–water partition coefficient (Wildman–Crippen LogP) is 4.99. The summed E-state index contributed by atoms with van der Waals surface area (Å²) < 4.78 is 0. The summed E-state index contributed by atoms with van der Waals surface area (Å²) in [6.07, 6.45) is 7.17. The van der Waals surface area contributed by atoms with Crippen LogP contribution in [-0.2, 0) is 0 Å². The summed E-state index contributed by atoms with van der Waals surface area (Å²) in [7, 11) is 0. The number of rotatable bonds is 8. The first kappa shape index (κ1) is 18.4. The number of fused-ring (bicyclic) bond motifs is 1. The maximum absolute atomic E-state index is 5.93. The van der Waals surface area contributed by atoms with E-state index in [2.05, 4.69) is 10.3 Å². The third-order valence-electron chi connectivity index (χ3n) is 4.09. The lowest BCUT2D eigenvalue weighted by Crippen LogP contribution is -2.07. The molecule has 0 unspecified atom stereocenters. The van der Waals surface area contributed by atoms with E-state index in [-0.39, 0.29) is 0 Å². The van der Waals surface area contributed by atoms with Crippen molar-refractivity contribution in [2.75, 3.05) is 18.4 Å². The summed E-state index contributed by atoms with van der Waals surface area (Å²) in [6, 6.07) is 15.7. The van der Waals surface area contributed by atoms with Crippen LogP contribution in [0.5, 0.6) is 0 Å². The van der Waals surface area contributed by atoms with Crippen molar-refractivity contribution in [2.45, 2.75) is 19.3 Å². The number of hydrogen-bond acceptors (Lipinski definition) is 4. The van der Waals surface area contributed by atoms with Crippen molar-refractivity contribution >= 4 is 40.5 Å². The third kappa shape index (κ3) is 5.04. The first-order chi connectivity index (χ1) is 12.8. The summed E-state index contributed by atoms with van der Waals surface area (Å²) >= 11 is 5.93. The van der Waals surface area contributed by atoms with E-state index in [1.165, 1.54) is 0 Å². The number of aromatic nitrogens is 2. The van der Waals surface area contributed by atoms with E-state index < -0.39 is 0 Å². The van der Waals surface area contributed by atoms with E-state index in [4.69, 9.17) is 22.3 Å². The number of unbranched alkanes of at least 4 members (excludes halogenated alkanes) is 2. The molecule has 0 bridgehead atoms. The highest BCUT2D eigenvalue weighted by molar-refractivity contribution is 6.30. The van der Waals surface area contributed by atoms with Crippen LogP contribution >= 0.6 is 11.6 Å². The Kier molecular flexibility index (Phi) is 6.58. The van der Waals surface area contributed by atoms with E-state index in [9.17, 15) is 0 Å². The molecule has 0 aliphatic heterocycles. The van der Waals surface area contributed by atoms with E-state index >= 15 is 0 Å². The Morgan fingerprint density at radius 3 is 2.54 bits per heavy atom. The molecule has 3 rings (SSSR count). The molecule has 2 aromatic carbocycles. The molecule has 3 N–H and O–H groups in total. The summed E-state index contributed by atoms with van der Waals surface area (Å²) in [6.45, 7) is 1.62. The fraction of sp³-hybridized carbons (Fsp3) is 0.238. The maximum atomic E-state index is 5.93. The van der Waals surface area contributed by atoms with E-state index in [0.29, 0.717) is 5.82 Å². The second-order valence-electron chi connectivity index (χ2n) is 6.11. The number of halogens is 1. The van der Waals surface area contributed by atoms with Gasteiger partial charge in [0.15, 0.2) is 5.82 Å². The zero-order chi connectivity index (χ0) is 18.2.